The summed E-state index contributed by atoms with van der Waals surface area (Å²) in [5.41, 5.74) is 4.19. The van der Waals surface area contributed by atoms with Gasteiger partial charge in [-0.25, -0.2) is 12.8 Å². The Labute approximate surface area is 209 Å². The number of sulfone groups is 1. The second kappa shape index (κ2) is 9.73. The second-order valence-corrected chi connectivity index (χ2v) is 11.4. The molecule has 0 radical (unpaired) electrons. The van der Waals surface area contributed by atoms with Crippen LogP contribution in [0.25, 0.3) is 0 Å². The molecule has 7 nitrogen and oxygen atoms in total. The molecular formula is C27H26FN3O4S. The molecule has 9 heteroatoms. The van der Waals surface area contributed by atoms with Gasteiger partial charge >= 0.3 is 0 Å². The van der Waals surface area contributed by atoms with Gasteiger partial charge < -0.3 is 16.0 Å². The summed E-state index contributed by atoms with van der Waals surface area (Å²) in [6, 6.07) is 17.2. The molecule has 0 saturated heterocycles. The molecule has 1 heterocycles. The van der Waals surface area contributed by atoms with Crippen LogP contribution in [0.5, 0.6) is 0 Å². The smallest absolute Gasteiger partial charge is 0.251 e. The number of hydrogen-bond donors (Lipinski definition) is 3. The first-order chi connectivity index (χ1) is 17.3. The summed E-state index contributed by atoms with van der Waals surface area (Å²) >= 11 is 0. The van der Waals surface area contributed by atoms with Crippen molar-refractivity contribution in [2.75, 3.05) is 16.4 Å². The van der Waals surface area contributed by atoms with Gasteiger partial charge in [0.05, 0.1) is 28.9 Å². The molecule has 1 aliphatic carbocycles. The Balaban J connectivity index is 1.26. The Bertz CT molecular complexity index is 1420. The van der Waals surface area contributed by atoms with Crippen LogP contribution in [0, 0.1) is 5.82 Å². The van der Waals surface area contributed by atoms with Crippen molar-refractivity contribution in [1.29, 1.82) is 0 Å². The van der Waals surface area contributed by atoms with Gasteiger partial charge in [0.15, 0.2) is 9.84 Å². The molecule has 1 aliphatic heterocycles. The van der Waals surface area contributed by atoms with Crippen LogP contribution in [0.1, 0.15) is 45.9 Å². The van der Waals surface area contributed by atoms with Crippen molar-refractivity contribution < 1.29 is 22.4 Å². The van der Waals surface area contributed by atoms with Crippen molar-refractivity contribution in [3.05, 3.63) is 94.8 Å². The Morgan fingerprint density at radius 1 is 1.03 bits per heavy atom. The molecule has 0 aromatic heterocycles. The first-order valence-corrected chi connectivity index (χ1v) is 13.6. The largest absolute Gasteiger partial charge is 0.371 e. The second-order valence-electron chi connectivity index (χ2n) is 9.24. The molecule has 3 N–H and O–H groups in total. The summed E-state index contributed by atoms with van der Waals surface area (Å²) in [6.45, 7) is 0. The van der Waals surface area contributed by atoms with E-state index in [-0.39, 0.29) is 17.7 Å². The minimum atomic E-state index is -3.65. The molecule has 0 bridgehead atoms. The molecule has 5 rings (SSSR count). The summed E-state index contributed by atoms with van der Waals surface area (Å²) in [6.07, 6.45) is 2.86. The number of nitrogens with one attached hydrogen (secondary N) is 3. The summed E-state index contributed by atoms with van der Waals surface area (Å²) in [5.74, 6) is -1.90. The quantitative estimate of drug-likeness (QED) is 0.468. The van der Waals surface area contributed by atoms with Crippen LogP contribution in [0.3, 0.4) is 0 Å². The lowest BCUT2D eigenvalue weighted by atomic mass is 9.87. The van der Waals surface area contributed by atoms with E-state index in [0.29, 0.717) is 22.5 Å². The minimum absolute atomic E-state index is 0.0677. The predicted molar refractivity (Wildman–Crippen MR) is 136 cm³/mol. The molecule has 0 saturated carbocycles. The summed E-state index contributed by atoms with van der Waals surface area (Å²) < 4.78 is 38.4. The number of aryl methyl sites for hydroxylation is 1. The highest BCUT2D eigenvalue weighted by Crippen LogP contribution is 2.31. The van der Waals surface area contributed by atoms with E-state index in [1.165, 1.54) is 29.8 Å². The molecular weight excluding hydrogens is 481 g/mol. The molecule has 2 unspecified atom stereocenters. The van der Waals surface area contributed by atoms with Gasteiger partial charge in [-0.2, -0.15) is 0 Å². The number of fused-ring (bicyclic) bond motifs is 2. The highest BCUT2D eigenvalue weighted by atomic mass is 32.2. The highest BCUT2D eigenvalue weighted by Gasteiger charge is 2.31. The Morgan fingerprint density at radius 3 is 2.61 bits per heavy atom. The predicted octanol–water partition coefficient (Wildman–Crippen LogP) is 3.98. The zero-order valence-corrected chi connectivity index (χ0v) is 20.3. The molecule has 2 amide bonds. The normalized spacial score (nSPS) is 18.9. The first-order valence-electron chi connectivity index (χ1n) is 11.8. The van der Waals surface area contributed by atoms with Crippen LogP contribution in [0.4, 0.5) is 15.8 Å². The molecule has 3 aromatic rings. The van der Waals surface area contributed by atoms with E-state index in [4.69, 9.17) is 0 Å². The monoisotopic (exact) mass is 507 g/mol. The van der Waals surface area contributed by atoms with Gasteiger partial charge in [-0.1, -0.05) is 36.4 Å². The van der Waals surface area contributed by atoms with Gasteiger partial charge in [-0.3, -0.25) is 9.59 Å². The third kappa shape index (κ3) is 5.26. The van der Waals surface area contributed by atoms with E-state index in [9.17, 15) is 22.4 Å². The molecule has 2 atom stereocenters. The van der Waals surface area contributed by atoms with Gasteiger partial charge in [0.2, 0.25) is 5.91 Å². The van der Waals surface area contributed by atoms with Crippen LogP contribution in [0.15, 0.2) is 66.7 Å². The van der Waals surface area contributed by atoms with Crippen LogP contribution < -0.4 is 16.0 Å². The summed E-state index contributed by atoms with van der Waals surface area (Å²) in [7, 11) is -3.65. The third-order valence-corrected chi connectivity index (χ3v) is 8.20. The topological polar surface area (TPSA) is 104 Å². The number of amides is 2. The maximum atomic E-state index is 13.1. The van der Waals surface area contributed by atoms with Crippen molar-refractivity contribution in [2.24, 2.45) is 0 Å². The molecule has 2 aliphatic rings. The van der Waals surface area contributed by atoms with E-state index < -0.39 is 33.4 Å². The maximum absolute atomic E-state index is 13.1. The average Bonchev–Trinajstić information content (AvgIpc) is 2.85. The van der Waals surface area contributed by atoms with E-state index in [1.54, 1.807) is 18.2 Å². The van der Waals surface area contributed by atoms with Gasteiger partial charge in [0, 0.05) is 5.56 Å². The minimum Gasteiger partial charge on any atom is -0.371 e. The van der Waals surface area contributed by atoms with Crippen LogP contribution in [0.2, 0.25) is 0 Å². The summed E-state index contributed by atoms with van der Waals surface area (Å²) in [5, 5.41) is 8.80. The SMILES string of the molecule is O=C(NC1CCCc2ccccc21)c1ccc2c(c1)NC(=O)C(CS(=O)(=O)Cc1ccc(F)cc1)N2. The fourth-order valence-electron chi connectivity index (χ4n) is 4.80. The van der Waals surface area contributed by atoms with E-state index in [0.717, 1.165) is 24.8 Å². The zero-order valence-electron chi connectivity index (χ0n) is 19.5. The van der Waals surface area contributed by atoms with Crippen LogP contribution >= 0.6 is 0 Å². The number of benzene rings is 3. The third-order valence-electron chi connectivity index (χ3n) is 6.58. The Morgan fingerprint density at radius 2 is 1.81 bits per heavy atom. The Hall–Kier alpha value is -3.72. The van der Waals surface area contributed by atoms with E-state index in [2.05, 4.69) is 22.0 Å². The molecule has 0 spiro atoms. The highest BCUT2D eigenvalue weighted by molar-refractivity contribution is 7.90. The number of carbonyl (C=O) groups excluding carboxylic acids is 2. The number of carbonyl (C=O) groups is 2. The first kappa shape index (κ1) is 24.0. The maximum Gasteiger partial charge on any atom is 0.251 e. The lowest BCUT2D eigenvalue weighted by Gasteiger charge is -2.28. The van der Waals surface area contributed by atoms with Crippen LogP contribution in [-0.4, -0.2) is 32.0 Å². The Kier molecular flexibility index (Phi) is 6.49. The standard InChI is InChI=1S/C27H26FN3O4S/c28-20-11-8-17(9-12-20)15-36(34,35)16-25-27(33)31-24-14-19(10-13-23(24)29-25)26(32)30-22-7-3-5-18-4-1-2-6-21(18)22/h1-2,4,6,8-14,22,25,29H,3,5,7,15-16H2,(H,30,32)(H,31,33). The average molecular weight is 508 g/mol. The van der Waals surface area contributed by atoms with Crippen LogP contribution in [-0.2, 0) is 26.8 Å². The lowest BCUT2D eigenvalue weighted by molar-refractivity contribution is -0.116. The van der Waals surface area contributed by atoms with Crippen molar-refractivity contribution >= 4 is 33.0 Å². The van der Waals surface area contributed by atoms with E-state index >= 15 is 0 Å². The number of hydrogen-bond acceptors (Lipinski definition) is 5. The molecule has 186 valence electrons. The van der Waals surface area contributed by atoms with Crippen molar-refractivity contribution in [3.8, 4) is 0 Å². The van der Waals surface area contributed by atoms with Gasteiger partial charge in [-0.15, -0.1) is 0 Å². The fourth-order valence-corrected chi connectivity index (χ4v) is 6.36. The van der Waals surface area contributed by atoms with Crippen molar-refractivity contribution in [1.82, 2.24) is 5.32 Å². The summed E-state index contributed by atoms with van der Waals surface area (Å²) in [4.78, 5) is 25.7. The lowest BCUT2D eigenvalue weighted by Crippen LogP contribution is -2.43. The molecule has 0 fully saturated rings. The zero-order chi connectivity index (χ0) is 25.3. The molecule has 36 heavy (non-hydrogen) atoms. The number of anilines is 2. The van der Waals surface area contributed by atoms with Crippen molar-refractivity contribution in [2.45, 2.75) is 37.1 Å². The number of halogens is 1. The fraction of sp³-hybridized carbons (Fsp3) is 0.259. The van der Waals surface area contributed by atoms with Gasteiger partial charge in [-0.05, 0) is 66.3 Å². The molecule has 3 aromatic carbocycles. The van der Waals surface area contributed by atoms with Crippen molar-refractivity contribution in [3.63, 3.8) is 0 Å². The van der Waals surface area contributed by atoms with Gasteiger partial charge in [0.25, 0.3) is 5.91 Å². The number of rotatable bonds is 6. The van der Waals surface area contributed by atoms with E-state index in [1.807, 2.05) is 18.2 Å². The van der Waals surface area contributed by atoms with Gasteiger partial charge in [0.1, 0.15) is 11.9 Å².